The third-order valence-corrected chi connectivity index (χ3v) is 4.39. The van der Waals surface area contributed by atoms with E-state index in [0.29, 0.717) is 12.2 Å². The third-order valence-electron chi connectivity index (χ3n) is 2.52. The molecule has 0 fully saturated rings. The summed E-state index contributed by atoms with van der Waals surface area (Å²) >= 11 is 0. The van der Waals surface area contributed by atoms with Crippen molar-refractivity contribution in [3.8, 4) is 0 Å². The van der Waals surface area contributed by atoms with Crippen molar-refractivity contribution in [3.05, 3.63) is 24.3 Å². The van der Waals surface area contributed by atoms with E-state index >= 15 is 0 Å². The molecular weight excluding hydrogens is 268 g/mol. The van der Waals surface area contributed by atoms with Gasteiger partial charge >= 0.3 is 5.97 Å². The molecule has 1 N–H and O–H groups in total. The summed E-state index contributed by atoms with van der Waals surface area (Å²) in [4.78, 5) is 11.2. The van der Waals surface area contributed by atoms with E-state index in [9.17, 15) is 13.2 Å². The lowest BCUT2D eigenvalue weighted by molar-refractivity contribution is -0.140. The van der Waals surface area contributed by atoms with Gasteiger partial charge in [-0.2, -0.15) is 0 Å². The van der Waals surface area contributed by atoms with Gasteiger partial charge in [0.2, 0.25) is 10.0 Å². The molecular formula is C12H18N2O4S. The number of ether oxygens (including phenoxy) is 1. The highest BCUT2D eigenvalue weighted by atomic mass is 32.2. The minimum absolute atomic E-state index is 0.173. The predicted octanol–water partition coefficient (Wildman–Crippen LogP) is 0.912. The molecule has 6 nitrogen and oxygen atoms in total. The van der Waals surface area contributed by atoms with Gasteiger partial charge < -0.3 is 10.1 Å². The Morgan fingerprint density at radius 2 is 1.95 bits per heavy atom. The van der Waals surface area contributed by atoms with Crippen molar-refractivity contribution in [2.24, 2.45) is 0 Å². The Morgan fingerprint density at radius 3 is 2.53 bits per heavy atom. The van der Waals surface area contributed by atoms with Gasteiger partial charge in [0.05, 0.1) is 19.2 Å². The van der Waals surface area contributed by atoms with Gasteiger partial charge in [0.1, 0.15) is 4.90 Å². The van der Waals surface area contributed by atoms with Crippen molar-refractivity contribution in [1.82, 2.24) is 4.31 Å². The van der Waals surface area contributed by atoms with Crippen molar-refractivity contribution >= 4 is 21.7 Å². The SMILES string of the molecule is COC(=O)CCNc1ccccc1S(=O)(=O)N(C)C. The average molecular weight is 286 g/mol. The topological polar surface area (TPSA) is 75.7 Å². The van der Waals surface area contributed by atoms with Crippen LogP contribution in [0.1, 0.15) is 6.42 Å². The molecule has 0 heterocycles. The molecule has 1 rings (SSSR count). The molecule has 0 radical (unpaired) electrons. The first kappa shape index (κ1) is 15.5. The summed E-state index contributed by atoms with van der Waals surface area (Å²) in [5, 5.41) is 2.93. The minimum atomic E-state index is -3.51. The van der Waals surface area contributed by atoms with Gasteiger partial charge in [-0.25, -0.2) is 12.7 Å². The summed E-state index contributed by atoms with van der Waals surface area (Å²) in [5.41, 5.74) is 0.472. The van der Waals surface area contributed by atoms with E-state index in [4.69, 9.17) is 0 Å². The molecule has 19 heavy (non-hydrogen) atoms. The van der Waals surface area contributed by atoms with E-state index in [0.717, 1.165) is 4.31 Å². The smallest absolute Gasteiger partial charge is 0.307 e. The fourth-order valence-corrected chi connectivity index (χ4v) is 2.50. The maximum Gasteiger partial charge on any atom is 0.307 e. The molecule has 0 atom stereocenters. The molecule has 0 bridgehead atoms. The summed E-state index contributed by atoms with van der Waals surface area (Å²) in [7, 11) is 0.749. The van der Waals surface area contributed by atoms with E-state index in [1.165, 1.54) is 27.3 Å². The molecule has 0 aliphatic rings. The monoisotopic (exact) mass is 286 g/mol. The fourth-order valence-electron chi connectivity index (χ4n) is 1.44. The normalized spacial score (nSPS) is 11.4. The second kappa shape index (κ2) is 6.53. The molecule has 0 unspecified atom stereocenters. The van der Waals surface area contributed by atoms with Crippen LogP contribution in [-0.4, -0.2) is 46.4 Å². The van der Waals surface area contributed by atoms with Gasteiger partial charge in [-0.1, -0.05) is 12.1 Å². The van der Waals surface area contributed by atoms with E-state index in [2.05, 4.69) is 10.1 Å². The molecule has 0 spiro atoms. The number of hydrogen-bond donors (Lipinski definition) is 1. The first-order valence-corrected chi connectivity index (χ1v) is 7.16. The Morgan fingerprint density at radius 1 is 1.32 bits per heavy atom. The van der Waals surface area contributed by atoms with Gasteiger partial charge in [0.15, 0.2) is 0 Å². The molecule has 0 aliphatic carbocycles. The van der Waals surface area contributed by atoms with Crippen molar-refractivity contribution < 1.29 is 17.9 Å². The maximum absolute atomic E-state index is 12.1. The van der Waals surface area contributed by atoms with E-state index in [1.807, 2.05) is 0 Å². The summed E-state index contributed by atoms with van der Waals surface area (Å²) in [6, 6.07) is 6.57. The highest BCUT2D eigenvalue weighted by Gasteiger charge is 2.20. The molecule has 0 aliphatic heterocycles. The van der Waals surface area contributed by atoms with Crippen LogP contribution in [0.15, 0.2) is 29.2 Å². The zero-order valence-corrected chi connectivity index (χ0v) is 12.0. The molecule has 0 amide bonds. The Balaban J connectivity index is 2.89. The molecule has 0 saturated heterocycles. The fraction of sp³-hybridized carbons (Fsp3) is 0.417. The molecule has 1 aromatic carbocycles. The molecule has 1 aromatic rings. The number of carbonyl (C=O) groups excluding carboxylic acids is 1. The first-order valence-electron chi connectivity index (χ1n) is 5.72. The van der Waals surface area contributed by atoms with Crippen molar-refractivity contribution in [3.63, 3.8) is 0 Å². The Hall–Kier alpha value is -1.60. The number of hydrogen-bond acceptors (Lipinski definition) is 5. The number of anilines is 1. The van der Waals surface area contributed by atoms with E-state index < -0.39 is 10.0 Å². The van der Waals surface area contributed by atoms with Gasteiger partial charge in [-0.15, -0.1) is 0 Å². The summed E-state index contributed by atoms with van der Waals surface area (Å²) in [6.45, 7) is 0.312. The van der Waals surface area contributed by atoms with Gasteiger partial charge in [0.25, 0.3) is 0 Å². The lowest BCUT2D eigenvalue weighted by Gasteiger charge is -2.15. The second-order valence-electron chi connectivity index (χ2n) is 4.04. The van der Waals surface area contributed by atoms with Gasteiger partial charge in [-0.05, 0) is 12.1 Å². The van der Waals surface area contributed by atoms with Crippen molar-refractivity contribution in [1.29, 1.82) is 0 Å². The molecule has 0 saturated carbocycles. The second-order valence-corrected chi connectivity index (χ2v) is 6.16. The molecule has 0 aromatic heterocycles. The average Bonchev–Trinajstić information content (AvgIpc) is 2.38. The number of esters is 1. The zero-order chi connectivity index (χ0) is 14.5. The number of para-hydroxylation sites is 1. The third kappa shape index (κ3) is 3.93. The minimum Gasteiger partial charge on any atom is -0.469 e. The Kier molecular flexibility index (Phi) is 5.31. The van der Waals surface area contributed by atoms with Gasteiger partial charge in [-0.3, -0.25) is 4.79 Å². The van der Waals surface area contributed by atoms with Crippen LogP contribution in [0.4, 0.5) is 5.69 Å². The van der Waals surface area contributed by atoms with Crippen LogP contribution in [0.2, 0.25) is 0 Å². The number of methoxy groups -OCH3 is 1. The van der Waals surface area contributed by atoms with E-state index in [1.54, 1.807) is 18.2 Å². The van der Waals surface area contributed by atoms with E-state index in [-0.39, 0.29) is 17.3 Å². The predicted molar refractivity (Wildman–Crippen MR) is 72.4 cm³/mol. The Bertz CT molecular complexity index is 540. The number of rotatable bonds is 6. The standard InChI is InChI=1S/C12H18N2O4S/c1-14(2)19(16,17)11-7-5-4-6-10(11)13-9-8-12(15)18-3/h4-7,13H,8-9H2,1-3H3. The summed E-state index contributed by atoms with van der Waals surface area (Å²) in [6.07, 6.45) is 0.173. The number of nitrogens with one attached hydrogen (secondary N) is 1. The number of carbonyl (C=O) groups is 1. The lowest BCUT2D eigenvalue weighted by Crippen LogP contribution is -2.23. The zero-order valence-electron chi connectivity index (χ0n) is 11.2. The lowest BCUT2D eigenvalue weighted by atomic mass is 10.3. The van der Waals surface area contributed by atoms with Crippen LogP contribution in [-0.2, 0) is 19.6 Å². The number of benzene rings is 1. The summed E-state index contributed by atoms with van der Waals surface area (Å²) in [5.74, 6) is -0.347. The maximum atomic E-state index is 12.1. The van der Waals surface area contributed by atoms with Crippen LogP contribution in [0.5, 0.6) is 0 Å². The van der Waals surface area contributed by atoms with Crippen molar-refractivity contribution in [2.75, 3.05) is 33.1 Å². The largest absolute Gasteiger partial charge is 0.469 e. The quantitative estimate of drug-likeness (QED) is 0.787. The first-order chi connectivity index (χ1) is 8.89. The number of nitrogens with zero attached hydrogens (tertiary/aromatic N) is 1. The number of sulfonamides is 1. The Labute approximate surface area is 113 Å². The van der Waals surface area contributed by atoms with Crippen LogP contribution in [0.3, 0.4) is 0 Å². The van der Waals surface area contributed by atoms with Crippen LogP contribution in [0.25, 0.3) is 0 Å². The molecule has 106 valence electrons. The highest BCUT2D eigenvalue weighted by molar-refractivity contribution is 7.89. The van der Waals surface area contributed by atoms with Crippen molar-refractivity contribution in [2.45, 2.75) is 11.3 Å². The van der Waals surface area contributed by atoms with Crippen LogP contribution < -0.4 is 5.32 Å². The highest BCUT2D eigenvalue weighted by Crippen LogP contribution is 2.22. The van der Waals surface area contributed by atoms with Gasteiger partial charge in [0, 0.05) is 20.6 Å². The summed E-state index contributed by atoms with van der Waals surface area (Å²) < 4.78 is 29.9. The van der Waals surface area contributed by atoms with Crippen LogP contribution >= 0.6 is 0 Å². The van der Waals surface area contributed by atoms with Crippen LogP contribution in [0, 0.1) is 0 Å². The molecule has 7 heteroatoms.